The van der Waals surface area contributed by atoms with Gasteiger partial charge in [0.15, 0.2) is 0 Å². The van der Waals surface area contributed by atoms with Crippen molar-refractivity contribution < 1.29 is 13.2 Å². The predicted octanol–water partition coefficient (Wildman–Crippen LogP) is 5.32. The van der Waals surface area contributed by atoms with Gasteiger partial charge >= 0.3 is 6.03 Å². The van der Waals surface area contributed by atoms with Crippen molar-refractivity contribution in [3.05, 3.63) is 101 Å². The van der Waals surface area contributed by atoms with E-state index in [9.17, 15) is 13.2 Å². The Balaban J connectivity index is 1.95. The Hall–Kier alpha value is -3.38. The molecular weight excluding hydrogens is 384 g/mol. The van der Waals surface area contributed by atoms with Gasteiger partial charge in [-0.15, -0.1) is 0 Å². The number of carbonyl (C=O) groups excluding carboxylic acids is 1. The number of benzene rings is 3. The normalized spacial score (nSPS) is 12.1. The van der Waals surface area contributed by atoms with E-state index in [1.54, 1.807) is 55.5 Å². The predicted molar refractivity (Wildman–Crippen MR) is 117 cm³/mol. The molecule has 148 valence electrons. The fourth-order valence-electron chi connectivity index (χ4n) is 2.87. The summed E-state index contributed by atoms with van der Waals surface area (Å²) in [7, 11) is -4.03. The number of rotatable bonds is 5. The second-order valence-electron chi connectivity index (χ2n) is 6.46. The average molecular weight is 407 g/mol. The van der Waals surface area contributed by atoms with Crippen molar-refractivity contribution in [1.29, 1.82) is 0 Å². The lowest BCUT2D eigenvalue weighted by Gasteiger charge is -2.23. The van der Waals surface area contributed by atoms with Gasteiger partial charge < -0.3 is 0 Å². The zero-order valence-corrected chi connectivity index (χ0v) is 17.1. The van der Waals surface area contributed by atoms with E-state index < -0.39 is 16.1 Å². The minimum atomic E-state index is -4.03. The number of allylic oxidation sites excluding steroid dienone is 2. The highest BCUT2D eigenvalue weighted by molar-refractivity contribution is 7.94. The van der Waals surface area contributed by atoms with E-state index in [0.29, 0.717) is 16.9 Å². The van der Waals surface area contributed by atoms with Gasteiger partial charge in [-0.3, -0.25) is 4.90 Å². The highest BCUT2D eigenvalue weighted by Crippen LogP contribution is 2.26. The zero-order valence-electron chi connectivity index (χ0n) is 16.2. The summed E-state index contributed by atoms with van der Waals surface area (Å²) < 4.78 is 28.0. The number of carbonyl (C=O) groups is 1. The molecule has 0 bridgehead atoms. The summed E-state index contributed by atoms with van der Waals surface area (Å²) in [6, 6.07) is 26.3. The topological polar surface area (TPSA) is 66.5 Å². The summed E-state index contributed by atoms with van der Waals surface area (Å²) in [5.41, 5.74) is 2.49. The van der Waals surface area contributed by atoms with E-state index in [2.05, 4.69) is 4.72 Å². The Labute approximate surface area is 171 Å². The Morgan fingerprint density at radius 2 is 1.14 bits per heavy atom. The summed E-state index contributed by atoms with van der Waals surface area (Å²) in [5.74, 6) is 0. The first-order chi connectivity index (χ1) is 13.9. The van der Waals surface area contributed by atoms with E-state index in [4.69, 9.17) is 0 Å². The third-order valence-electron chi connectivity index (χ3n) is 4.59. The van der Waals surface area contributed by atoms with E-state index in [1.807, 2.05) is 42.5 Å². The number of nitrogens with zero attached hydrogens (tertiary/aromatic N) is 1. The molecule has 0 spiro atoms. The number of sulfonamides is 1. The first-order valence-electron chi connectivity index (χ1n) is 9.10. The van der Waals surface area contributed by atoms with Gasteiger partial charge in [0.1, 0.15) is 0 Å². The van der Waals surface area contributed by atoms with Gasteiger partial charge in [-0.05, 0) is 49.2 Å². The van der Waals surface area contributed by atoms with Crippen molar-refractivity contribution in [2.24, 2.45) is 0 Å². The Morgan fingerprint density at radius 3 is 1.59 bits per heavy atom. The maximum absolute atomic E-state index is 13.0. The van der Waals surface area contributed by atoms with Crippen LogP contribution in [0.5, 0.6) is 0 Å². The SMILES string of the molecule is C/C(=C(/C)S(=O)(=O)NC(=O)N(c1ccccc1)c1ccccc1)c1ccccc1. The van der Waals surface area contributed by atoms with Crippen LogP contribution in [0.4, 0.5) is 16.2 Å². The Kier molecular flexibility index (Phi) is 6.14. The van der Waals surface area contributed by atoms with Crippen LogP contribution in [-0.2, 0) is 10.0 Å². The minimum Gasteiger partial charge on any atom is -0.262 e. The van der Waals surface area contributed by atoms with Crippen molar-refractivity contribution in [3.63, 3.8) is 0 Å². The van der Waals surface area contributed by atoms with E-state index in [-0.39, 0.29) is 4.91 Å². The van der Waals surface area contributed by atoms with Crippen LogP contribution in [0.3, 0.4) is 0 Å². The molecule has 29 heavy (non-hydrogen) atoms. The summed E-state index contributed by atoms with van der Waals surface area (Å²) in [4.78, 5) is 14.5. The molecular formula is C23H22N2O3S. The molecule has 1 N–H and O–H groups in total. The highest BCUT2D eigenvalue weighted by atomic mass is 32.2. The standard InChI is InChI=1S/C23H22N2O3S/c1-18(20-12-6-3-7-13-20)19(2)29(27,28)24-23(26)25(21-14-8-4-9-15-21)22-16-10-5-11-17-22/h3-17H,1-2H3,(H,24,26)/b19-18+. The number of para-hydroxylation sites is 2. The molecule has 2 amide bonds. The van der Waals surface area contributed by atoms with Gasteiger partial charge in [0, 0.05) is 0 Å². The lowest BCUT2D eigenvalue weighted by Crippen LogP contribution is -2.40. The first kappa shape index (κ1) is 20.4. The zero-order chi connectivity index (χ0) is 20.9. The first-order valence-corrected chi connectivity index (χ1v) is 10.6. The van der Waals surface area contributed by atoms with Crippen molar-refractivity contribution in [1.82, 2.24) is 4.72 Å². The summed E-state index contributed by atoms with van der Waals surface area (Å²) in [5, 5.41) is 0. The molecule has 6 heteroatoms. The number of anilines is 2. The van der Waals surface area contributed by atoms with Gasteiger partial charge in [0.05, 0.1) is 16.3 Å². The van der Waals surface area contributed by atoms with Gasteiger partial charge in [-0.2, -0.15) is 0 Å². The van der Waals surface area contributed by atoms with Gasteiger partial charge in [-0.1, -0.05) is 66.7 Å². The van der Waals surface area contributed by atoms with Crippen molar-refractivity contribution in [3.8, 4) is 0 Å². The molecule has 0 heterocycles. The fraction of sp³-hybridized carbons (Fsp3) is 0.0870. The highest BCUT2D eigenvalue weighted by Gasteiger charge is 2.25. The number of urea groups is 1. The molecule has 0 fully saturated rings. The van der Waals surface area contributed by atoms with Gasteiger partial charge in [-0.25, -0.2) is 17.9 Å². The Bertz CT molecular complexity index is 1070. The second kappa shape index (κ2) is 8.75. The van der Waals surface area contributed by atoms with Gasteiger partial charge in [0.25, 0.3) is 10.0 Å². The third kappa shape index (κ3) is 4.73. The number of hydrogen-bond donors (Lipinski definition) is 1. The van der Waals surface area contributed by atoms with E-state index >= 15 is 0 Å². The Morgan fingerprint density at radius 1 is 0.724 bits per heavy atom. The maximum atomic E-state index is 13.0. The van der Waals surface area contributed by atoms with Crippen LogP contribution in [0.15, 0.2) is 95.9 Å². The smallest absolute Gasteiger partial charge is 0.262 e. The lowest BCUT2D eigenvalue weighted by atomic mass is 10.1. The van der Waals surface area contributed by atoms with Crippen LogP contribution in [0, 0.1) is 0 Å². The number of hydrogen-bond acceptors (Lipinski definition) is 3. The van der Waals surface area contributed by atoms with Crippen LogP contribution in [-0.4, -0.2) is 14.4 Å². The second-order valence-corrected chi connectivity index (χ2v) is 8.29. The number of nitrogens with one attached hydrogen (secondary N) is 1. The van der Waals surface area contributed by atoms with Crippen LogP contribution < -0.4 is 9.62 Å². The minimum absolute atomic E-state index is 0.0955. The molecule has 5 nitrogen and oxygen atoms in total. The molecule has 0 aromatic heterocycles. The molecule has 0 saturated heterocycles. The molecule has 0 aliphatic heterocycles. The molecule has 3 rings (SSSR count). The monoisotopic (exact) mass is 406 g/mol. The van der Waals surface area contributed by atoms with Crippen LogP contribution in [0.2, 0.25) is 0 Å². The molecule has 3 aromatic carbocycles. The lowest BCUT2D eigenvalue weighted by molar-refractivity contribution is 0.253. The summed E-state index contributed by atoms with van der Waals surface area (Å²) in [6.07, 6.45) is 0. The quantitative estimate of drug-likeness (QED) is 0.624. The van der Waals surface area contributed by atoms with E-state index in [0.717, 1.165) is 5.56 Å². The molecule has 0 aliphatic rings. The molecule has 0 unspecified atom stereocenters. The summed E-state index contributed by atoms with van der Waals surface area (Å²) in [6.45, 7) is 3.22. The van der Waals surface area contributed by atoms with Crippen LogP contribution >= 0.6 is 0 Å². The molecule has 0 atom stereocenters. The van der Waals surface area contributed by atoms with Crippen molar-refractivity contribution >= 4 is 33.0 Å². The van der Waals surface area contributed by atoms with E-state index in [1.165, 1.54) is 11.8 Å². The fourth-order valence-corrected chi connectivity index (χ4v) is 3.86. The molecule has 3 aromatic rings. The van der Waals surface area contributed by atoms with Crippen LogP contribution in [0.1, 0.15) is 19.4 Å². The van der Waals surface area contributed by atoms with Crippen LogP contribution in [0.25, 0.3) is 5.57 Å². The average Bonchev–Trinajstić information content (AvgIpc) is 2.74. The third-order valence-corrected chi connectivity index (χ3v) is 6.15. The summed E-state index contributed by atoms with van der Waals surface area (Å²) >= 11 is 0. The van der Waals surface area contributed by atoms with Crippen molar-refractivity contribution in [2.45, 2.75) is 13.8 Å². The van der Waals surface area contributed by atoms with Gasteiger partial charge in [0.2, 0.25) is 0 Å². The van der Waals surface area contributed by atoms with Crippen molar-refractivity contribution in [2.75, 3.05) is 4.90 Å². The molecule has 0 aliphatic carbocycles. The number of amides is 2. The molecule has 0 radical (unpaired) electrons. The molecule has 0 saturated carbocycles. The largest absolute Gasteiger partial charge is 0.340 e. The maximum Gasteiger partial charge on any atom is 0.340 e.